The fraction of sp³-hybridized carbons (Fsp3) is 1.00. The number of rotatable bonds is 6. The van der Waals surface area contributed by atoms with E-state index in [4.69, 9.17) is 10.2 Å². The Morgan fingerprint density at radius 3 is 2.40 bits per heavy atom. The fourth-order valence-corrected chi connectivity index (χ4v) is 2.76. The summed E-state index contributed by atoms with van der Waals surface area (Å²) in [6.45, 7) is 3.49. The molecule has 0 aliphatic carbocycles. The van der Waals surface area contributed by atoms with Crippen LogP contribution in [0.15, 0.2) is 0 Å². The molecule has 0 amide bonds. The second-order valence-corrected chi connectivity index (χ2v) is 5.32. The summed E-state index contributed by atoms with van der Waals surface area (Å²) in [5, 5.41) is 17.8. The molecule has 0 spiro atoms. The zero-order valence-electron chi connectivity index (χ0n) is 9.40. The first kappa shape index (κ1) is 13.3. The van der Waals surface area contributed by atoms with Crippen LogP contribution < -0.4 is 0 Å². The van der Waals surface area contributed by atoms with Crippen LogP contribution in [0.5, 0.6) is 0 Å². The van der Waals surface area contributed by atoms with E-state index in [1.807, 2.05) is 0 Å². The topological polar surface area (TPSA) is 43.7 Å². The number of aliphatic hydroxyl groups is 2. The van der Waals surface area contributed by atoms with Gasteiger partial charge in [0.2, 0.25) is 0 Å². The Morgan fingerprint density at radius 1 is 1.13 bits per heavy atom. The van der Waals surface area contributed by atoms with E-state index in [0.717, 1.165) is 12.3 Å². The van der Waals surface area contributed by atoms with Gasteiger partial charge in [-0.25, -0.2) is 0 Å². The summed E-state index contributed by atoms with van der Waals surface area (Å²) >= 11 is 1.73. The van der Waals surface area contributed by atoms with Gasteiger partial charge in [-0.05, 0) is 25.9 Å². The van der Waals surface area contributed by atoms with Crippen LogP contribution in [0, 0.1) is 0 Å². The molecule has 1 fully saturated rings. The molecule has 1 rings (SSSR count). The van der Waals surface area contributed by atoms with E-state index >= 15 is 0 Å². The van der Waals surface area contributed by atoms with E-state index in [9.17, 15) is 0 Å². The molecule has 1 unspecified atom stereocenters. The minimum absolute atomic E-state index is 0.114. The van der Waals surface area contributed by atoms with E-state index in [-0.39, 0.29) is 6.61 Å². The molecule has 90 valence electrons. The third kappa shape index (κ3) is 6.40. The highest BCUT2D eigenvalue weighted by Gasteiger charge is 2.08. The van der Waals surface area contributed by atoms with Gasteiger partial charge in [0.1, 0.15) is 0 Å². The lowest BCUT2D eigenvalue weighted by molar-refractivity contribution is 0.113. The first-order valence-corrected chi connectivity index (χ1v) is 7.07. The van der Waals surface area contributed by atoms with E-state index < -0.39 is 6.10 Å². The fourth-order valence-electron chi connectivity index (χ4n) is 1.83. The Balaban J connectivity index is 1.98. The van der Waals surface area contributed by atoms with Gasteiger partial charge in [-0.2, -0.15) is 11.8 Å². The second-order valence-electron chi connectivity index (χ2n) is 4.17. The minimum Gasteiger partial charge on any atom is -0.394 e. The molecule has 0 aromatic heterocycles. The predicted octanol–water partition coefficient (Wildman–Crippen LogP) is 0.949. The highest BCUT2D eigenvalue weighted by Crippen LogP contribution is 2.11. The summed E-state index contributed by atoms with van der Waals surface area (Å²) in [6, 6.07) is 0. The van der Waals surface area contributed by atoms with E-state index in [2.05, 4.69) is 4.90 Å². The highest BCUT2D eigenvalue weighted by atomic mass is 32.2. The largest absolute Gasteiger partial charge is 0.394 e. The molecule has 0 aromatic carbocycles. The Labute approximate surface area is 96.9 Å². The van der Waals surface area contributed by atoms with Crippen molar-refractivity contribution in [3.63, 3.8) is 0 Å². The number of nitrogens with zero attached hydrogens (tertiary/aromatic N) is 1. The number of hydrogen-bond donors (Lipinski definition) is 2. The summed E-state index contributed by atoms with van der Waals surface area (Å²) in [4.78, 5) is 2.52. The number of hydrogen-bond acceptors (Lipinski definition) is 4. The molecule has 1 atom stereocenters. The zero-order valence-corrected chi connectivity index (χ0v) is 10.2. The van der Waals surface area contributed by atoms with Crippen LogP contribution in [0.4, 0.5) is 0 Å². The van der Waals surface area contributed by atoms with Gasteiger partial charge < -0.3 is 15.1 Å². The maximum atomic E-state index is 9.16. The number of likely N-dealkylation sites (tertiary alicyclic amines) is 1. The lowest BCUT2D eigenvalue weighted by atomic mass is 10.2. The molecular formula is C11H23NO2S. The summed E-state index contributed by atoms with van der Waals surface area (Å²) < 4.78 is 0. The van der Waals surface area contributed by atoms with Crippen molar-refractivity contribution in [1.29, 1.82) is 0 Å². The number of thioether (sulfide) groups is 1. The van der Waals surface area contributed by atoms with Crippen molar-refractivity contribution >= 4 is 11.8 Å². The van der Waals surface area contributed by atoms with E-state index in [1.54, 1.807) is 11.8 Å². The van der Waals surface area contributed by atoms with Crippen LogP contribution in [-0.4, -0.2) is 59.0 Å². The predicted molar refractivity (Wildman–Crippen MR) is 65.3 cm³/mol. The van der Waals surface area contributed by atoms with Crippen LogP contribution in [0.3, 0.4) is 0 Å². The quantitative estimate of drug-likeness (QED) is 0.670. The minimum atomic E-state index is -0.542. The van der Waals surface area contributed by atoms with Crippen molar-refractivity contribution in [2.45, 2.75) is 31.8 Å². The van der Waals surface area contributed by atoms with Crippen LogP contribution in [0.25, 0.3) is 0 Å². The van der Waals surface area contributed by atoms with Gasteiger partial charge in [0.15, 0.2) is 0 Å². The van der Waals surface area contributed by atoms with Crippen molar-refractivity contribution in [2.75, 3.05) is 37.7 Å². The summed E-state index contributed by atoms with van der Waals surface area (Å²) in [5.41, 5.74) is 0. The van der Waals surface area contributed by atoms with Gasteiger partial charge in [0.05, 0.1) is 12.7 Å². The molecule has 4 heteroatoms. The molecule has 0 aromatic rings. The molecule has 3 nitrogen and oxygen atoms in total. The van der Waals surface area contributed by atoms with Crippen LogP contribution >= 0.6 is 11.8 Å². The average Bonchev–Trinajstić information content (AvgIpc) is 2.52. The maximum Gasteiger partial charge on any atom is 0.0861 e. The summed E-state index contributed by atoms with van der Waals surface area (Å²) in [6.07, 6.45) is 4.90. The standard InChI is InChI=1S/C11H23NO2S/c13-9-11(14)10-15-8-7-12-5-3-1-2-4-6-12/h11,13-14H,1-10H2. The summed E-state index contributed by atoms with van der Waals surface area (Å²) in [5.74, 6) is 1.72. The third-order valence-corrected chi connectivity index (χ3v) is 3.86. The van der Waals surface area contributed by atoms with Crippen LogP contribution in [0.2, 0.25) is 0 Å². The molecule has 1 aliphatic heterocycles. The van der Waals surface area contributed by atoms with E-state index in [0.29, 0.717) is 5.75 Å². The SMILES string of the molecule is OCC(O)CSCCN1CCCCCC1. The maximum absolute atomic E-state index is 9.16. The molecule has 0 saturated carbocycles. The van der Waals surface area contributed by atoms with Crippen molar-refractivity contribution in [1.82, 2.24) is 4.90 Å². The van der Waals surface area contributed by atoms with Gasteiger partial charge in [-0.1, -0.05) is 12.8 Å². The third-order valence-electron chi connectivity index (χ3n) is 2.77. The van der Waals surface area contributed by atoms with Crippen molar-refractivity contribution in [3.8, 4) is 0 Å². The molecule has 1 heterocycles. The molecule has 1 aliphatic rings. The molecule has 1 saturated heterocycles. The Hall–Kier alpha value is 0.230. The zero-order chi connectivity index (χ0) is 10.9. The van der Waals surface area contributed by atoms with Crippen molar-refractivity contribution < 1.29 is 10.2 Å². The molecular weight excluding hydrogens is 210 g/mol. The van der Waals surface area contributed by atoms with Crippen LogP contribution in [0.1, 0.15) is 25.7 Å². The Kier molecular flexibility index (Phi) is 7.44. The first-order valence-electron chi connectivity index (χ1n) is 5.92. The van der Waals surface area contributed by atoms with Crippen molar-refractivity contribution in [2.24, 2.45) is 0 Å². The Bertz CT molecular complexity index is 150. The Morgan fingerprint density at radius 2 is 1.80 bits per heavy atom. The number of aliphatic hydroxyl groups excluding tert-OH is 2. The smallest absolute Gasteiger partial charge is 0.0861 e. The van der Waals surface area contributed by atoms with Gasteiger partial charge in [0.25, 0.3) is 0 Å². The lowest BCUT2D eigenvalue weighted by Crippen LogP contribution is -2.27. The first-order chi connectivity index (χ1) is 7.33. The molecule has 0 bridgehead atoms. The van der Waals surface area contributed by atoms with Gasteiger partial charge in [-0.3, -0.25) is 0 Å². The van der Waals surface area contributed by atoms with Gasteiger partial charge >= 0.3 is 0 Å². The molecule has 2 N–H and O–H groups in total. The van der Waals surface area contributed by atoms with Gasteiger partial charge in [-0.15, -0.1) is 0 Å². The van der Waals surface area contributed by atoms with Crippen molar-refractivity contribution in [3.05, 3.63) is 0 Å². The lowest BCUT2D eigenvalue weighted by Gasteiger charge is -2.19. The van der Waals surface area contributed by atoms with E-state index in [1.165, 1.54) is 38.8 Å². The average molecular weight is 233 g/mol. The van der Waals surface area contributed by atoms with Gasteiger partial charge in [0, 0.05) is 18.1 Å². The molecule has 15 heavy (non-hydrogen) atoms. The normalized spacial score (nSPS) is 21.2. The van der Waals surface area contributed by atoms with Crippen LogP contribution in [-0.2, 0) is 0 Å². The molecule has 0 radical (unpaired) electrons. The monoisotopic (exact) mass is 233 g/mol. The summed E-state index contributed by atoms with van der Waals surface area (Å²) in [7, 11) is 0. The highest BCUT2D eigenvalue weighted by molar-refractivity contribution is 7.99. The second kappa shape index (κ2) is 8.39.